The lowest BCUT2D eigenvalue weighted by molar-refractivity contribution is -0.160. The minimum Gasteiger partial charge on any atom is -0.479 e. The van der Waals surface area contributed by atoms with Crippen molar-refractivity contribution >= 4 is 27.8 Å². The predicted molar refractivity (Wildman–Crippen MR) is 80.4 cm³/mol. The van der Waals surface area contributed by atoms with Crippen LogP contribution in [0.25, 0.3) is 0 Å². The Morgan fingerprint density at radius 1 is 1.43 bits per heavy atom. The number of hydrogen-bond acceptors (Lipinski definition) is 3. The Bertz CT molecular complexity index is 555. The van der Waals surface area contributed by atoms with Crippen LogP contribution in [0.2, 0.25) is 0 Å². The molecule has 1 aliphatic heterocycles. The Hall–Kier alpha value is -1.34. The fraction of sp³-hybridized carbons (Fsp3) is 0.571. The van der Waals surface area contributed by atoms with Crippen molar-refractivity contribution in [1.82, 2.24) is 9.47 Å². The quantitative estimate of drug-likeness (QED) is 0.898. The molecule has 2 heterocycles. The number of amides is 1. The number of halogens is 1. The third-order valence-electron chi connectivity index (χ3n) is 3.41. The summed E-state index contributed by atoms with van der Waals surface area (Å²) in [7, 11) is 0. The molecular formula is C14H19BrN2O4. The summed E-state index contributed by atoms with van der Waals surface area (Å²) < 4.78 is 8.04. The number of carboxylic acid groups (broad SMARTS) is 1. The fourth-order valence-electron chi connectivity index (χ4n) is 2.46. The Balaban J connectivity index is 2.25. The molecule has 1 aromatic heterocycles. The van der Waals surface area contributed by atoms with Crippen LogP contribution < -0.4 is 0 Å². The van der Waals surface area contributed by atoms with Gasteiger partial charge in [-0.2, -0.15) is 0 Å². The summed E-state index contributed by atoms with van der Waals surface area (Å²) in [5.41, 5.74) is 0.551. The van der Waals surface area contributed by atoms with Crippen LogP contribution >= 0.6 is 15.9 Å². The maximum Gasteiger partial charge on any atom is 0.334 e. The van der Waals surface area contributed by atoms with E-state index < -0.39 is 12.1 Å². The van der Waals surface area contributed by atoms with Gasteiger partial charge >= 0.3 is 5.97 Å². The first-order valence-corrected chi connectivity index (χ1v) is 7.63. The second-order valence-corrected chi connectivity index (χ2v) is 6.44. The van der Waals surface area contributed by atoms with Crippen LogP contribution in [0, 0.1) is 0 Å². The highest BCUT2D eigenvalue weighted by atomic mass is 79.9. The van der Waals surface area contributed by atoms with Crippen molar-refractivity contribution in [2.45, 2.75) is 39.0 Å². The van der Waals surface area contributed by atoms with Gasteiger partial charge in [-0.25, -0.2) is 4.79 Å². The maximum absolute atomic E-state index is 12.7. The number of carbonyl (C=O) groups is 2. The van der Waals surface area contributed by atoms with Gasteiger partial charge in [0.2, 0.25) is 0 Å². The van der Waals surface area contributed by atoms with Crippen molar-refractivity contribution in [2.75, 3.05) is 13.1 Å². The van der Waals surface area contributed by atoms with Gasteiger partial charge in [0.25, 0.3) is 5.91 Å². The Morgan fingerprint density at radius 3 is 2.67 bits per heavy atom. The number of aromatic nitrogens is 1. The van der Waals surface area contributed by atoms with E-state index in [1.165, 1.54) is 0 Å². The van der Waals surface area contributed by atoms with Crippen molar-refractivity contribution in [3.05, 3.63) is 22.4 Å². The second-order valence-electron chi connectivity index (χ2n) is 5.53. The van der Waals surface area contributed by atoms with Crippen LogP contribution in [0.3, 0.4) is 0 Å². The van der Waals surface area contributed by atoms with Crippen molar-refractivity contribution in [3.8, 4) is 0 Å². The van der Waals surface area contributed by atoms with Crippen LogP contribution in [-0.4, -0.2) is 51.7 Å². The van der Waals surface area contributed by atoms with E-state index in [9.17, 15) is 9.59 Å². The summed E-state index contributed by atoms with van der Waals surface area (Å²) >= 11 is 3.38. The average molecular weight is 359 g/mol. The lowest BCUT2D eigenvalue weighted by Crippen LogP contribution is -2.52. The smallest absolute Gasteiger partial charge is 0.334 e. The van der Waals surface area contributed by atoms with Gasteiger partial charge in [-0.15, -0.1) is 0 Å². The highest BCUT2D eigenvalue weighted by molar-refractivity contribution is 9.10. The maximum atomic E-state index is 12.7. The highest BCUT2D eigenvalue weighted by Gasteiger charge is 2.34. The summed E-state index contributed by atoms with van der Waals surface area (Å²) in [5.74, 6) is -1.21. The molecule has 1 saturated heterocycles. The lowest BCUT2D eigenvalue weighted by Gasteiger charge is -2.35. The SMILES string of the molecule is CC(C)n1cc(Br)cc1C(=O)N1CC(C(=O)O)O[C@H](C)C1. The molecule has 0 aromatic carbocycles. The van der Waals surface area contributed by atoms with Crippen LogP contribution in [0.15, 0.2) is 16.7 Å². The van der Waals surface area contributed by atoms with E-state index in [1.807, 2.05) is 24.6 Å². The minimum atomic E-state index is -1.04. The van der Waals surface area contributed by atoms with Gasteiger partial charge in [-0.1, -0.05) is 0 Å². The molecule has 116 valence electrons. The summed E-state index contributed by atoms with van der Waals surface area (Å²) in [6.45, 7) is 6.21. The van der Waals surface area contributed by atoms with Crippen LogP contribution in [-0.2, 0) is 9.53 Å². The molecule has 6 nitrogen and oxygen atoms in total. The molecule has 21 heavy (non-hydrogen) atoms. The van der Waals surface area contributed by atoms with E-state index in [2.05, 4.69) is 15.9 Å². The topological polar surface area (TPSA) is 71.8 Å². The first-order valence-electron chi connectivity index (χ1n) is 6.84. The molecule has 0 radical (unpaired) electrons. The lowest BCUT2D eigenvalue weighted by atomic mass is 10.2. The molecule has 7 heteroatoms. The molecule has 0 spiro atoms. The van der Waals surface area contributed by atoms with Gasteiger partial charge in [0.1, 0.15) is 5.69 Å². The molecule has 0 saturated carbocycles. The van der Waals surface area contributed by atoms with Crippen molar-refractivity contribution < 1.29 is 19.4 Å². The van der Waals surface area contributed by atoms with Gasteiger partial charge in [-0.3, -0.25) is 4.79 Å². The molecule has 0 aliphatic carbocycles. The molecule has 2 rings (SSSR count). The van der Waals surface area contributed by atoms with Crippen LogP contribution in [0.5, 0.6) is 0 Å². The van der Waals surface area contributed by atoms with Crippen LogP contribution in [0.1, 0.15) is 37.3 Å². The average Bonchev–Trinajstić information content (AvgIpc) is 2.79. The van der Waals surface area contributed by atoms with Gasteiger partial charge in [0, 0.05) is 23.3 Å². The van der Waals surface area contributed by atoms with Gasteiger partial charge in [0.05, 0.1) is 12.6 Å². The van der Waals surface area contributed by atoms with E-state index in [1.54, 1.807) is 17.9 Å². The largest absolute Gasteiger partial charge is 0.479 e. The fourth-order valence-corrected chi connectivity index (χ4v) is 2.90. The molecular weight excluding hydrogens is 340 g/mol. The summed E-state index contributed by atoms with van der Waals surface area (Å²) in [4.78, 5) is 25.3. The monoisotopic (exact) mass is 358 g/mol. The van der Waals surface area contributed by atoms with E-state index in [0.717, 1.165) is 4.47 Å². The van der Waals surface area contributed by atoms with E-state index in [4.69, 9.17) is 9.84 Å². The van der Waals surface area contributed by atoms with Crippen molar-refractivity contribution in [2.24, 2.45) is 0 Å². The number of hydrogen-bond donors (Lipinski definition) is 1. The number of carbonyl (C=O) groups excluding carboxylic acids is 1. The number of ether oxygens (including phenoxy) is 1. The second kappa shape index (κ2) is 6.19. The van der Waals surface area contributed by atoms with Crippen molar-refractivity contribution in [3.63, 3.8) is 0 Å². The van der Waals surface area contributed by atoms with E-state index >= 15 is 0 Å². The molecule has 1 aliphatic rings. The number of morpholine rings is 1. The number of carboxylic acids is 1. The van der Waals surface area contributed by atoms with Crippen molar-refractivity contribution in [1.29, 1.82) is 0 Å². The molecule has 1 aromatic rings. The molecule has 0 bridgehead atoms. The molecule has 2 atom stereocenters. The van der Waals surface area contributed by atoms with Gasteiger partial charge < -0.3 is 19.3 Å². The normalized spacial score (nSPS) is 22.6. The highest BCUT2D eigenvalue weighted by Crippen LogP contribution is 2.22. The summed E-state index contributed by atoms with van der Waals surface area (Å²) in [6.07, 6.45) is 0.592. The third-order valence-corrected chi connectivity index (χ3v) is 3.85. The predicted octanol–water partition coefficient (Wildman–Crippen LogP) is 2.15. The molecule has 1 amide bonds. The van der Waals surface area contributed by atoms with Gasteiger partial charge in [0.15, 0.2) is 6.10 Å². The summed E-state index contributed by atoms with van der Waals surface area (Å²) in [6, 6.07) is 1.90. The zero-order valence-electron chi connectivity index (χ0n) is 12.2. The van der Waals surface area contributed by atoms with Gasteiger partial charge in [-0.05, 0) is 42.8 Å². The minimum absolute atomic E-state index is 0.0689. The number of rotatable bonds is 3. The molecule has 1 fully saturated rings. The number of aliphatic carboxylic acids is 1. The molecule has 1 unspecified atom stereocenters. The Labute approximate surface area is 131 Å². The zero-order valence-corrected chi connectivity index (χ0v) is 13.8. The number of nitrogens with zero attached hydrogens (tertiary/aromatic N) is 2. The third kappa shape index (κ3) is 3.47. The van der Waals surface area contributed by atoms with Crippen LogP contribution in [0.4, 0.5) is 0 Å². The van der Waals surface area contributed by atoms with E-state index in [0.29, 0.717) is 12.2 Å². The van der Waals surface area contributed by atoms with E-state index in [-0.39, 0.29) is 24.6 Å². The molecule has 1 N–H and O–H groups in total. The Kier molecular flexibility index (Phi) is 4.73. The first kappa shape index (κ1) is 16.0. The first-order chi connectivity index (χ1) is 9.79. The summed E-state index contributed by atoms with van der Waals surface area (Å²) in [5, 5.41) is 9.10. The standard InChI is InChI=1S/C14H19BrN2O4/c1-8(2)17-6-10(15)4-11(17)13(18)16-5-9(3)21-12(7-16)14(19)20/h4,6,8-9,12H,5,7H2,1-3H3,(H,19,20)/t9-,12?/m1/s1. The Morgan fingerprint density at radius 2 is 2.10 bits per heavy atom. The zero-order chi connectivity index (χ0) is 15.7.